The van der Waals surface area contributed by atoms with E-state index >= 15 is 0 Å². The molecule has 4 aliphatic heterocycles. The number of benzene rings is 1. The lowest BCUT2D eigenvalue weighted by atomic mass is 9.99. The Bertz CT molecular complexity index is 1580. The number of hydrogen-bond donors (Lipinski definition) is 3. The normalized spacial score (nSPS) is 30.6. The minimum Gasteiger partial charge on any atom is -0.474 e. The van der Waals surface area contributed by atoms with Gasteiger partial charge >= 0.3 is 0 Å². The van der Waals surface area contributed by atoms with E-state index in [-0.39, 0.29) is 41.8 Å². The van der Waals surface area contributed by atoms with E-state index < -0.39 is 42.2 Å². The summed E-state index contributed by atoms with van der Waals surface area (Å²) in [6.07, 6.45) is 1.92. The van der Waals surface area contributed by atoms with Gasteiger partial charge in [0, 0.05) is 24.1 Å². The van der Waals surface area contributed by atoms with Gasteiger partial charge in [0.2, 0.25) is 23.6 Å². The van der Waals surface area contributed by atoms with Crippen LogP contribution < -0.4 is 16.0 Å². The van der Waals surface area contributed by atoms with Crippen LogP contribution >= 0.6 is 23.1 Å². The topological polar surface area (TPSA) is 154 Å². The number of fused-ring (bicyclic) bond motifs is 6. The Morgan fingerprint density at radius 1 is 1.04 bits per heavy atom. The number of nitrogens with one attached hydrogen (secondary N) is 3. The van der Waals surface area contributed by atoms with Crippen LogP contribution in [0.1, 0.15) is 74.1 Å². The lowest BCUT2D eigenvalue weighted by Crippen LogP contribution is -2.52. The first-order valence-electron chi connectivity index (χ1n) is 16.3. The van der Waals surface area contributed by atoms with Crippen molar-refractivity contribution >= 4 is 57.7 Å². The fraction of sp³-hybridized carbons (Fsp3) is 0.545. The summed E-state index contributed by atoms with van der Waals surface area (Å²) in [5.41, 5.74) is 1.08. The first kappa shape index (κ1) is 33.1. The summed E-state index contributed by atoms with van der Waals surface area (Å²) >= 11 is 2.75. The largest absolute Gasteiger partial charge is 0.474 e. The molecule has 1 aromatic carbocycles. The predicted octanol–water partition coefficient (Wildman–Crippen LogP) is 2.90. The van der Waals surface area contributed by atoms with Crippen molar-refractivity contribution in [2.75, 3.05) is 12.3 Å². The summed E-state index contributed by atoms with van der Waals surface area (Å²) in [5, 5.41) is 12.0. The molecule has 0 radical (unpaired) electrons. The second-order valence-electron chi connectivity index (χ2n) is 12.6. The lowest BCUT2D eigenvalue weighted by Gasteiger charge is -2.29. The van der Waals surface area contributed by atoms with Gasteiger partial charge in [0.05, 0.1) is 17.1 Å². The van der Waals surface area contributed by atoms with Crippen LogP contribution in [0.15, 0.2) is 45.7 Å². The Kier molecular flexibility index (Phi) is 9.97. The molecule has 2 aromatic rings. The SMILES string of the molecule is CC[C@H](C)[C@H]1NC(=O)[C@H]2N=C(O[C@@H]2C)[C@@H]2CCCN2C(=O)[C@@H](Cc2ccccc2)NC(=O)c2csc(n2)[C@H](C)NC(=O)[C@@H]2CSC1=N2. The molecule has 0 spiro atoms. The molecule has 8 atom stereocenters. The number of nitrogens with zero attached hydrogens (tertiary/aromatic N) is 4. The van der Waals surface area contributed by atoms with Crippen molar-refractivity contribution in [1.29, 1.82) is 0 Å². The zero-order valence-electron chi connectivity index (χ0n) is 27.0. The molecule has 5 heterocycles. The molecule has 1 aromatic heterocycles. The third-order valence-electron chi connectivity index (χ3n) is 9.23. The van der Waals surface area contributed by atoms with Gasteiger partial charge in [-0.3, -0.25) is 24.2 Å². The molecule has 0 aliphatic carbocycles. The molecule has 47 heavy (non-hydrogen) atoms. The van der Waals surface area contributed by atoms with Gasteiger partial charge in [0.25, 0.3) is 5.91 Å². The van der Waals surface area contributed by atoms with Gasteiger partial charge in [-0.1, -0.05) is 50.6 Å². The zero-order valence-corrected chi connectivity index (χ0v) is 28.6. The first-order chi connectivity index (χ1) is 22.6. The fourth-order valence-corrected chi connectivity index (χ4v) is 8.35. The third kappa shape index (κ3) is 7.08. The van der Waals surface area contributed by atoms with E-state index in [2.05, 4.69) is 34.8 Å². The fourth-order valence-electron chi connectivity index (χ4n) is 6.31. The maximum Gasteiger partial charge on any atom is 0.271 e. The molecule has 12 nitrogen and oxygen atoms in total. The second kappa shape index (κ2) is 14.1. The summed E-state index contributed by atoms with van der Waals surface area (Å²) in [5.74, 6) is -0.360. The molecule has 1 fully saturated rings. The molecular formula is C33H41N7O5S2. The van der Waals surface area contributed by atoms with Gasteiger partial charge in [0.15, 0.2) is 6.04 Å². The molecule has 250 valence electrons. The average molecular weight is 680 g/mol. The van der Waals surface area contributed by atoms with E-state index in [1.807, 2.05) is 44.2 Å². The Morgan fingerprint density at radius 2 is 1.83 bits per heavy atom. The molecule has 6 rings (SSSR count). The van der Waals surface area contributed by atoms with E-state index in [0.29, 0.717) is 34.7 Å². The van der Waals surface area contributed by atoms with Gasteiger partial charge in [-0.15, -0.1) is 23.1 Å². The van der Waals surface area contributed by atoms with Gasteiger partial charge in [-0.2, -0.15) is 0 Å². The molecule has 14 heteroatoms. The Hall–Kier alpha value is -3.78. The number of ether oxygens (including phenoxy) is 1. The van der Waals surface area contributed by atoms with Crippen LogP contribution in [0.25, 0.3) is 0 Å². The number of hydrogen-bond acceptors (Lipinski definition) is 10. The Balaban J connectivity index is 1.35. The third-order valence-corrected chi connectivity index (χ3v) is 11.4. The first-order valence-corrected chi connectivity index (χ1v) is 18.2. The van der Waals surface area contributed by atoms with E-state index in [9.17, 15) is 19.2 Å². The maximum absolute atomic E-state index is 14.2. The van der Waals surface area contributed by atoms with Crippen LogP contribution in [0.2, 0.25) is 0 Å². The van der Waals surface area contributed by atoms with Gasteiger partial charge in [-0.05, 0) is 38.2 Å². The highest BCUT2D eigenvalue weighted by Crippen LogP contribution is 2.29. The Morgan fingerprint density at radius 3 is 2.60 bits per heavy atom. The monoisotopic (exact) mass is 679 g/mol. The van der Waals surface area contributed by atoms with Crippen LogP contribution in [-0.4, -0.2) is 93.1 Å². The highest BCUT2D eigenvalue weighted by molar-refractivity contribution is 8.14. The van der Waals surface area contributed by atoms with Crippen molar-refractivity contribution in [2.45, 2.75) is 95.7 Å². The number of carbonyl (C=O) groups excluding carboxylic acids is 4. The summed E-state index contributed by atoms with van der Waals surface area (Å²) in [6, 6.07) is 5.96. The molecule has 4 aliphatic rings. The molecular weight excluding hydrogens is 639 g/mol. The predicted molar refractivity (Wildman–Crippen MR) is 182 cm³/mol. The summed E-state index contributed by atoms with van der Waals surface area (Å²) in [6.45, 7) is 8.21. The van der Waals surface area contributed by atoms with E-state index in [1.54, 1.807) is 10.3 Å². The molecule has 6 bridgehead atoms. The lowest BCUT2D eigenvalue weighted by molar-refractivity contribution is -0.133. The minimum absolute atomic E-state index is 0.0666. The van der Waals surface area contributed by atoms with Crippen LogP contribution in [0.4, 0.5) is 0 Å². The standard InChI is InChI=1S/C33H41N7O5S2/c1-5-17(2)25-32-37-22(16-47-32)27(41)34-18(3)31-36-23(15-46-31)28(42)35-21(14-20-10-7-6-8-11-20)33(44)40-13-9-12-24(40)30-39-26(19(4)45-30)29(43)38-25/h6-8,10-11,15,17-19,21-22,24-26H,5,9,12-14,16H2,1-4H3,(H,34,41)(H,35,42)(H,38,43)/t17-,18-,19+,21+,22-,24-,25+,26-/m0/s1. The number of rotatable bonds is 4. The number of carbonyl (C=O) groups is 4. The molecule has 0 saturated carbocycles. The van der Waals surface area contributed by atoms with Crippen molar-refractivity contribution in [3.05, 3.63) is 52.0 Å². The zero-order chi connectivity index (χ0) is 33.2. The molecule has 4 amide bonds. The van der Waals surface area contributed by atoms with E-state index in [1.165, 1.54) is 23.1 Å². The molecule has 0 unspecified atom stereocenters. The maximum atomic E-state index is 14.2. The minimum atomic E-state index is -0.872. The molecule has 1 saturated heterocycles. The quantitative estimate of drug-likeness (QED) is 0.449. The van der Waals surface area contributed by atoms with Crippen molar-refractivity contribution in [3.8, 4) is 0 Å². The van der Waals surface area contributed by atoms with Crippen molar-refractivity contribution in [1.82, 2.24) is 25.8 Å². The summed E-state index contributed by atoms with van der Waals surface area (Å²) in [4.78, 5) is 70.6. The van der Waals surface area contributed by atoms with Crippen molar-refractivity contribution in [2.24, 2.45) is 15.9 Å². The van der Waals surface area contributed by atoms with E-state index in [4.69, 9.17) is 14.7 Å². The van der Waals surface area contributed by atoms with Crippen molar-refractivity contribution < 1.29 is 23.9 Å². The number of aromatic nitrogens is 1. The Labute approximate surface area is 282 Å². The number of amides is 4. The highest BCUT2D eigenvalue weighted by Gasteiger charge is 2.44. The number of aliphatic imine (C=N–C) groups is 2. The number of thiazole rings is 1. The van der Waals surface area contributed by atoms with Crippen molar-refractivity contribution in [3.63, 3.8) is 0 Å². The van der Waals surface area contributed by atoms with Gasteiger partial charge in [0.1, 0.15) is 34.9 Å². The number of thioether (sulfide) groups is 1. The van der Waals surface area contributed by atoms with Gasteiger partial charge in [-0.25, -0.2) is 9.98 Å². The highest BCUT2D eigenvalue weighted by atomic mass is 32.2. The second-order valence-corrected chi connectivity index (χ2v) is 14.5. The molecule has 3 N–H and O–H groups in total. The van der Waals surface area contributed by atoms with Crippen LogP contribution in [0.3, 0.4) is 0 Å². The van der Waals surface area contributed by atoms with Gasteiger partial charge < -0.3 is 25.6 Å². The van der Waals surface area contributed by atoms with E-state index in [0.717, 1.165) is 18.4 Å². The van der Waals surface area contributed by atoms with Crippen LogP contribution in [0.5, 0.6) is 0 Å². The average Bonchev–Trinajstić information content (AvgIpc) is 3.89. The van der Waals surface area contributed by atoms with Crippen LogP contribution in [0, 0.1) is 5.92 Å². The summed E-state index contributed by atoms with van der Waals surface area (Å²) in [7, 11) is 0. The van der Waals surface area contributed by atoms with Crippen LogP contribution in [-0.2, 0) is 25.5 Å². The smallest absolute Gasteiger partial charge is 0.271 e. The summed E-state index contributed by atoms with van der Waals surface area (Å²) < 4.78 is 6.18.